The van der Waals surface area contributed by atoms with Crippen LogP contribution in [0, 0.1) is 0 Å². The maximum absolute atomic E-state index is 11.7. The first-order chi connectivity index (χ1) is 21.9. The van der Waals surface area contributed by atoms with Crippen molar-refractivity contribution in [3.8, 4) is 0 Å². The van der Waals surface area contributed by atoms with Crippen molar-refractivity contribution in [2.24, 2.45) is 0 Å². The number of ether oxygens (including phenoxy) is 4. The van der Waals surface area contributed by atoms with Crippen LogP contribution in [0.25, 0.3) is 0 Å². The largest absolute Gasteiger partial charge is 0.455 e. The Morgan fingerprint density at radius 1 is 0.756 bits per heavy atom. The van der Waals surface area contributed by atoms with Crippen LogP contribution in [-0.4, -0.2) is 89.1 Å². The molecule has 0 saturated carbocycles. The molecule has 2 rings (SSSR count). The van der Waals surface area contributed by atoms with Crippen LogP contribution in [0.15, 0.2) is 11.6 Å². The molecule has 0 aliphatic carbocycles. The normalized spacial score (nSPS) is 25.8. The highest BCUT2D eigenvalue weighted by molar-refractivity contribution is 5.90. The Morgan fingerprint density at radius 2 is 1.27 bits per heavy atom. The fraction of sp³-hybridized carbons (Fsp3) is 0.917. The van der Waals surface area contributed by atoms with Crippen LogP contribution in [0.5, 0.6) is 0 Å². The molecule has 0 aromatic carbocycles. The van der Waals surface area contributed by atoms with Gasteiger partial charge in [0, 0.05) is 25.2 Å². The molecule has 9 heteroatoms. The predicted octanol–water partition coefficient (Wildman–Crippen LogP) is 6.27. The van der Waals surface area contributed by atoms with Crippen molar-refractivity contribution in [1.82, 2.24) is 0 Å². The molecule has 0 unspecified atom stereocenters. The lowest BCUT2D eigenvalue weighted by atomic mass is 9.99. The maximum Gasteiger partial charge on any atom is 0.334 e. The zero-order valence-corrected chi connectivity index (χ0v) is 28.4. The molecule has 0 aromatic rings. The van der Waals surface area contributed by atoms with Crippen molar-refractivity contribution >= 4 is 5.97 Å². The van der Waals surface area contributed by atoms with Crippen LogP contribution in [0.3, 0.4) is 0 Å². The van der Waals surface area contributed by atoms with E-state index in [0.717, 1.165) is 51.4 Å². The molecule has 1 saturated heterocycles. The summed E-state index contributed by atoms with van der Waals surface area (Å²) in [6.07, 6.45) is 19.4. The van der Waals surface area contributed by atoms with Crippen molar-refractivity contribution in [2.75, 3.05) is 19.8 Å². The standard InChI is InChI=1S/C36H66O9/c1-3-4-5-6-7-11-14-17-20-23-42-34-32(39)31(27-37)45-36(33(34)40)43-24-21-18-15-12-9-8-10-13-16-19-22-30(38)26-29-25-28(2)44-35(29)41/h25,28,30-34,36-40H,3-24,26-27H2,1-2H3/t28-,30+,31+,32-,33+,34-,36+/m0/s1. The van der Waals surface area contributed by atoms with E-state index in [9.17, 15) is 25.2 Å². The minimum Gasteiger partial charge on any atom is -0.455 e. The molecular formula is C36H66O9. The lowest BCUT2D eigenvalue weighted by Gasteiger charge is -2.41. The highest BCUT2D eigenvalue weighted by atomic mass is 16.7. The van der Waals surface area contributed by atoms with Crippen LogP contribution < -0.4 is 0 Å². The number of esters is 1. The molecule has 45 heavy (non-hydrogen) atoms. The molecule has 0 aromatic heterocycles. The molecule has 2 heterocycles. The number of rotatable bonds is 28. The lowest BCUT2D eigenvalue weighted by Crippen LogP contribution is -2.60. The minimum atomic E-state index is -1.10. The van der Waals surface area contributed by atoms with Crippen molar-refractivity contribution in [2.45, 2.75) is 192 Å². The fourth-order valence-electron chi connectivity index (χ4n) is 6.25. The average Bonchev–Trinajstić information content (AvgIpc) is 3.34. The molecule has 2 aliphatic rings. The van der Waals surface area contributed by atoms with Gasteiger partial charge in [-0.15, -0.1) is 0 Å². The molecule has 0 spiro atoms. The third-order valence-electron chi connectivity index (χ3n) is 9.04. The van der Waals surface area contributed by atoms with E-state index < -0.39 is 36.8 Å². The fourth-order valence-corrected chi connectivity index (χ4v) is 6.25. The van der Waals surface area contributed by atoms with Gasteiger partial charge >= 0.3 is 5.97 Å². The molecule has 0 radical (unpaired) electrons. The second-order valence-corrected chi connectivity index (χ2v) is 13.2. The topological polar surface area (TPSA) is 135 Å². The Bertz CT molecular complexity index is 776. The van der Waals surface area contributed by atoms with Gasteiger partial charge in [-0.25, -0.2) is 4.79 Å². The van der Waals surface area contributed by atoms with Gasteiger partial charge in [0.1, 0.15) is 30.5 Å². The summed E-state index contributed by atoms with van der Waals surface area (Å²) in [7, 11) is 0. The van der Waals surface area contributed by atoms with Gasteiger partial charge in [0.05, 0.1) is 12.7 Å². The highest BCUT2D eigenvalue weighted by Gasteiger charge is 2.45. The van der Waals surface area contributed by atoms with Crippen LogP contribution in [0.4, 0.5) is 0 Å². The molecule has 1 fully saturated rings. The van der Waals surface area contributed by atoms with Crippen molar-refractivity contribution in [3.63, 3.8) is 0 Å². The summed E-state index contributed by atoms with van der Waals surface area (Å²) in [5.41, 5.74) is 0.606. The van der Waals surface area contributed by atoms with E-state index in [2.05, 4.69) is 6.92 Å². The number of hydrogen-bond acceptors (Lipinski definition) is 9. The summed E-state index contributed by atoms with van der Waals surface area (Å²) in [6, 6.07) is 0. The van der Waals surface area contributed by atoms with Gasteiger partial charge in [-0.05, 0) is 32.3 Å². The van der Waals surface area contributed by atoms with Crippen molar-refractivity contribution in [1.29, 1.82) is 0 Å². The molecular weight excluding hydrogens is 576 g/mol. The summed E-state index contributed by atoms with van der Waals surface area (Å²) in [5.74, 6) is -0.290. The number of carbonyl (C=O) groups is 1. The van der Waals surface area contributed by atoms with Gasteiger partial charge in [-0.2, -0.15) is 0 Å². The van der Waals surface area contributed by atoms with E-state index in [4.69, 9.17) is 18.9 Å². The van der Waals surface area contributed by atoms with Crippen molar-refractivity contribution < 1.29 is 44.2 Å². The number of aliphatic hydroxyl groups is 4. The molecule has 4 N–H and O–H groups in total. The van der Waals surface area contributed by atoms with E-state index >= 15 is 0 Å². The van der Waals surface area contributed by atoms with E-state index in [0.29, 0.717) is 25.2 Å². The number of cyclic esters (lactones) is 1. The Hall–Kier alpha value is -1.07. The quantitative estimate of drug-likeness (QED) is 0.0575. The first-order valence-corrected chi connectivity index (χ1v) is 18.3. The van der Waals surface area contributed by atoms with Gasteiger partial charge in [-0.1, -0.05) is 116 Å². The van der Waals surface area contributed by atoms with E-state index in [1.54, 1.807) is 6.08 Å². The van der Waals surface area contributed by atoms with Crippen LogP contribution in [0.2, 0.25) is 0 Å². The first kappa shape index (κ1) is 40.1. The number of carbonyl (C=O) groups excluding carboxylic acids is 1. The number of aliphatic hydroxyl groups excluding tert-OH is 4. The molecule has 0 amide bonds. The Labute approximate surface area is 273 Å². The van der Waals surface area contributed by atoms with E-state index in [-0.39, 0.29) is 18.7 Å². The second kappa shape index (κ2) is 25.0. The molecule has 264 valence electrons. The number of hydrogen-bond donors (Lipinski definition) is 4. The smallest absolute Gasteiger partial charge is 0.334 e. The molecule has 9 nitrogen and oxygen atoms in total. The van der Waals surface area contributed by atoms with E-state index in [1.807, 2.05) is 6.92 Å². The Kier molecular flexibility index (Phi) is 22.3. The van der Waals surface area contributed by atoms with Gasteiger partial charge in [-0.3, -0.25) is 0 Å². The summed E-state index contributed by atoms with van der Waals surface area (Å²) >= 11 is 0. The average molecular weight is 643 g/mol. The predicted molar refractivity (Wildman–Crippen MR) is 176 cm³/mol. The van der Waals surface area contributed by atoms with Crippen LogP contribution >= 0.6 is 0 Å². The van der Waals surface area contributed by atoms with Crippen LogP contribution in [-0.2, 0) is 23.7 Å². The number of unbranched alkanes of at least 4 members (excludes halogenated alkanes) is 17. The summed E-state index contributed by atoms with van der Waals surface area (Å²) in [5, 5.41) is 41.2. The summed E-state index contributed by atoms with van der Waals surface area (Å²) < 4.78 is 22.5. The maximum atomic E-state index is 11.7. The Balaban J connectivity index is 1.45. The SMILES string of the molecule is CCCCCCCCCCCO[C@H]1[C@@H](O)[C@@H](CO)O[C@@H](OCCCCCCCCCCCC[C@@H](O)CC2=C[C@H](C)OC2=O)[C@@H]1O. The monoisotopic (exact) mass is 642 g/mol. The first-order valence-electron chi connectivity index (χ1n) is 18.3. The third kappa shape index (κ3) is 17.1. The zero-order chi connectivity index (χ0) is 32.7. The lowest BCUT2D eigenvalue weighted by molar-refractivity contribution is -0.307. The zero-order valence-electron chi connectivity index (χ0n) is 28.4. The van der Waals surface area contributed by atoms with Crippen LogP contribution in [0.1, 0.15) is 149 Å². The van der Waals surface area contributed by atoms with Crippen molar-refractivity contribution in [3.05, 3.63) is 11.6 Å². The second-order valence-electron chi connectivity index (χ2n) is 13.2. The Morgan fingerprint density at radius 3 is 1.78 bits per heavy atom. The molecule has 0 bridgehead atoms. The molecule has 7 atom stereocenters. The minimum absolute atomic E-state index is 0.179. The molecule has 2 aliphatic heterocycles. The third-order valence-corrected chi connectivity index (χ3v) is 9.04. The van der Waals surface area contributed by atoms with Gasteiger partial charge in [0.25, 0.3) is 0 Å². The van der Waals surface area contributed by atoms with E-state index in [1.165, 1.54) is 77.0 Å². The summed E-state index contributed by atoms with van der Waals surface area (Å²) in [6.45, 7) is 4.61. The van der Waals surface area contributed by atoms with Gasteiger partial charge in [0.2, 0.25) is 0 Å². The highest BCUT2D eigenvalue weighted by Crippen LogP contribution is 2.25. The van der Waals surface area contributed by atoms with Gasteiger partial charge in [0.15, 0.2) is 6.29 Å². The summed E-state index contributed by atoms with van der Waals surface area (Å²) in [4.78, 5) is 11.7. The van der Waals surface area contributed by atoms with Gasteiger partial charge < -0.3 is 39.4 Å².